The topological polar surface area (TPSA) is 21.3 Å². The lowest BCUT2D eigenvalue weighted by Crippen LogP contribution is -2.20. The van der Waals surface area contributed by atoms with Crippen molar-refractivity contribution in [1.29, 1.82) is 0 Å². The summed E-state index contributed by atoms with van der Waals surface area (Å²) in [5.41, 5.74) is 0. The molecule has 2 nitrogen and oxygen atoms in total. The summed E-state index contributed by atoms with van der Waals surface area (Å²) in [4.78, 5) is 1.50. The van der Waals surface area contributed by atoms with Gasteiger partial charge in [0.1, 0.15) is 0 Å². The SMILES string of the molecule is CCNC(CCCC1CCCO1)c1cc2sccc2s1. The molecule has 0 saturated carbocycles. The first-order valence-corrected chi connectivity index (χ1v) is 9.38. The van der Waals surface area contributed by atoms with E-state index in [-0.39, 0.29) is 0 Å². The van der Waals surface area contributed by atoms with Crippen molar-refractivity contribution in [2.75, 3.05) is 13.2 Å². The number of fused-ring (bicyclic) bond motifs is 1. The first-order valence-electron chi connectivity index (χ1n) is 7.68. The van der Waals surface area contributed by atoms with Crippen molar-refractivity contribution in [2.24, 2.45) is 0 Å². The highest BCUT2D eigenvalue weighted by molar-refractivity contribution is 7.26. The smallest absolute Gasteiger partial charge is 0.0576 e. The first-order chi connectivity index (χ1) is 9.86. The third-order valence-electron chi connectivity index (χ3n) is 4.00. The summed E-state index contributed by atoms with van der Waals surface area (Å²) in [6.07, 6.45) is 6.75. The van der Waals surface area contributed by atoms with Gasteiger partial charge in [0.2, 0.25) is 0 Å². The van der Waals surface area contributed by atoms with E-state index in [0.29, 0.717) is 12.1 Å². The second kappa shape index (κ2) is 7.03. The molecule has 0 bridgehead atoms. The number of ether oxygens (including phenoxy) is 1. The van der Waals surface area contributed by atoms with Crippen LogP contribution in [-0.2, 0) is 4.74 Å². The zero-order valence-electron chi connectivity index (χ0n) is 12.1. The van der Waals surface area contributed by atoms with E-state index in [2.05, 4.69) is 29.8 Å². The van der Waals surface area contributed by atoms with E-state index in [1.54, 1.807) is 0 Å². The summed E-state index contributed by atoms with van der Waals surface area (Å²) in [6.45, 7) is 4.21. The first kappa shape index (κ1) is 14.5. The second-order valence-electron chi connectivity index (χ2n) is 5.47. The molecule has 0 radical (unpaired) electrons. The standard InChI is InChI=1S/C16H23NOS2/c1-2-17-13(7-3-5-12-6-4-9-18-12)15-11-16-14(20-15)8-10-19-16/h8,10-13,17H,2-7,9H2,1H3. The molecule has 1 saturated heterocycles. The van der Waals surface area contributed by atoms with Gasteiger partial charge in [-0.3, -0.25) is 0 Å². The van der Waals surface area contributed by atoms with Gasteiger partial charge < -0.3 is 10.1 Å². The number of nitrogens with one attached hydrogen (secondary N) is 1. The van der Waals surface area contributed by atoms with Crippen LogP contribution in [0.2, 0.25) is 0 Å². The summed E-state index contributed by atoms with van der Waals surface area (Å²) >= 11 is 3.80. The Bertz CT molecular complexity index is 499. The number of hydrogen-bond donors (Lipinski definition) is 1. The highest BCUT2D eigenvalue weighted by atomic mass is 32.1. The molecule has 1 aliphatic heterocycles. The molecular weight excluding hydrogens is 286 g/mol. The fraction of sp³-hybridized carbons (Fsp3) is 0.625. The van der Waals surface area contributed by atoms with Gasteiger partial charge in [-0.2, -0.15) is 0 Å². The van der Waals surface area contributed by atoms with Crippen LogP contribution < -0.4 is 5.32 Å². The summed E-state index contributed by atoms with van der Waals surface area (Å²) in [6, 6.07) is 5.14. The zero-order valence-corrected chi connectivity index (χ0v) is 13.7. The lowest BCUT2D eigenvalue weighted by Gasteiger charge is -2.17. The van der Waals surface area contributed by atoms with Crippen LogP contribution in [0, 0.1) is 0 Å². The Labute approximate surface area is 129 Å². The molecule has 4 heteroatoms. The van der Waals surface area contributed by atoms with Crippen molar-refractivity contribution < 1.29 is 4.74 Å². The van der Waals surface area contributed by atoms with Gasteiger partial charge in [-0.05, 0) is 56.2 Å². The van der Waals surface area contributed by atoms with Crippen molar-refractivity contribution in [1.82, 2.24) is 5.32 Å². The van der Waals surface area contributed by atoms with Crippen LogP contribution in [0.25, 0.3) is 9.40 Å². The molecule has 2 aromatic rings. The molecule has 20 heavy (non-hydrogen) atoms. The van der Waals surface area contributed by atoms with Gasteiger partial charge in [-0.1, -0.05) is 6.92 Å². The van der Waals surface area contributed by atoms with Crippen molar-refractivity contribution in [3.8, 4) is 0 Å². The molecule has 1 fully saturated rings. The lowest BCUT2D eigenvalue weighted by atomic mass is 10.0. The van der Waals surface area contributed by atoms with E-state index < -0.39 is 0 Å². The molecule has 3 rings (SSSR count). The van der Waals surface area contributed by atoms with E-state index in [4.69, 9.17) is 4.74 Å². The molecule has 1 N–H and O–H groups in total. The van der Waals surface area contributed by atoms with Crippen LogP contribution in [0.1, 0.15) is 49.9 Å². The van der Waals surface area contributed by atoms with Gasteiger partial charge in [-0.25, -0.2) is 0 Å². The Morgan fingerprint density at radius 2 is 2.40 bits per heavy atom. The third-order valence-corrected chi connectivity index (χ3v) is 6.20. The van der Waals surface area contributed by atoms with Gasteiger partial charge in [0.05, 0.1) is 6.10 Å². The maximum absolute atomic E-state index is 5.72. The van der Waals surface area contributed by atoms with E-state index in [9.17, 15) is 0 Å². The van der Waals surface area contributed by atoms with Gasteiger partial charge in [0.25, 0.3) is 0 Å². The van der Waals surface area contributed by atoms with E-state index in [1.165, 1.54) is 46.4 Å². The second-order valence-corrected chi connectivity index (χ2v) is 7.54. The van der Waals surface area contributed by atoms with Crippen LogP contribution in [0.4, 0.5) is 0 Å². The lowest BCUT2D eigenvalue weighted by molar-refractivity contribution is 0.101. The Balaban J connectivity index is 1.58. The quantitative estimate of drug-likeness (QED) is 0.780. The Morgan fingerprint density at radius 3 is 3.15 bits per heavy atom. The average molecular weight is 310 g/mol. The Hall–Kier alpha value is -0.420. The summed E-state index contributed by atoms with van der Waals surface area (Å²) in [7, 11) is 0. The van der Waals surface area contributed by atoms with Crippen LogP contribution in [0.5, 0.6) is 0 Å². The molecule has 0 aromatic carbocycles. The molecule has 0 amide bonds. The van der Waals surface area contributed by atoms with E-state index >= 15 is 0 Å². The minimum atomic E-state index is 0.519. The van der Waals surface area contributed by atoms with Gasteiger partial charge in [0.15, 0.2) is 0 Å². The van der Waals surface area contributed by atoms with Crippen LogP contribution >= 0.6 is 22.7 Å². The average Bonchev–Trinajstić information content (AvgIpc) is 3.14. The normalized spacial score (nSPS) is 20.8. The van der Waals surface area contributed by atoms with Crippen molar-refractivity contribution in [3.63, 3.8) is 0 Å². The van der Waals surface area contributed by atoms with Crippen molar-refractivity contribution >= 4 is 32.1 Å². The predicted molar refractivity (Wildman–Crippen MR) is 88.9 cm³/mol. The fourth-order valence-electron chi connectivity index (χ4n) is 2.97. The van der Waals surface area contributed by atoms with Gasteiger partial charge >= 0.3 is 0 Å². The zero-order chi connectivity index (χ0) is 13.8. The Kier molecular flexibility index (Phi) is 5.10. The highest BCUT2D eigenvalue weighted by Gasteiger charge is 2.18. The largest absolute Gasteiger partial charge is 0.378 e. The molecular formula is C16H23NOS2. The van der Waals surface area contributed by atoms with Gasteiger partial charge in [-0.15, -0.1) is 22.7 Å². The van der Waals surface area contributed by atoms with Crippen molar-refractivity contribution in [2.45, 2.75) is 51.2 Å². The minimum Gasteiger partial charge on any atom is -0.378 e. The maximum atomic E-state index is 5.72. The molecule has 3 heterocycles. The fourth-order valence-corrected chi connectivity index (χ4v) is 5.20. The highest BCUT2D eigenvalue weighted by Crippen LogP contribution is 2.35. The van der Waals surface area contributed by atoms with E-state index in [0.717, 1.165) is 13.2 Å². The molecule has 0 aliphatic carbocycles. The number of thiophene rings is 2. The summed E-state index contributed by atoms with van der Waals surface area (Å²) in [5.74, 6) is 0. The third kappa shape index (κ3) is 3.42. The monoisotopic (exact) mass is 309 g/mol. The molecule has 2 atom stereocenters. The maximum Gasteiger partial charge on any atom is 0.0576 e. The van der Waals surface area contributed by atoms with Crippen LogP contribution in [-0.4, -0.2) is 19.3 Å². The molecule has 0 spiro atoms. The predicted octanol–water partition coefficient (Wildman–Crippen LogP) is 4.96. The molecule has 2 unspecified atom stereocenters. The van der Waals surface area contributed by atoms with Crippen molar-refractivity contribution in [3.05, 3.63) is 22.4 Å². The van der Waals surface area contributed by atoms with Crippen LogP contribution in [0.15, 0.2) is 17.5 Å². The summed E-state index contributed by atoms with van der Waals surface area (Å²) in [5, 5.41) is 5.83. The molecule has 110 valence electrons. The van der Waals surface area contributed by atoms with E-state index in [1.807, 2.05) is 22.7 Å². The molecule has 2 aromatic heterocycles. The Morgan fingerprint density at radius 1 is 1.45 bits per heavy atom. The number of hydrogen-bond acceptors (Lipinski definition) is 4. The minimum absolute atomic E-state index is 0.519. The summed E-state index contributed by atoms with van der Waals surface area (Å²) < 4.78 is 8.59. The van der Waals surface area contributed by atoms with Gasteiger partial charge in [0, 0.05) is 26.9 Å². The number of rotatable bonds is 7. The molecule has 1 aliphatic rings. The van der Waals surface area contributed by atoms with Crippen LogP contribution in [0.3, 0.4) is 0 Å².